The monoisotopic (exact) mass is 457 g/mol. The Balaban J connectivity index is 1.45. The van der Waals surface area contributed by atoms with Crippen LogP contribution in [0.3, 0.4) is 0 Å². The maximum Gasteiger partial charge on any atom is 0.325 e. The van der Waals surface area contributed by atoms with Crippen LogP contribution in [0.2, 0.25) is 0 Å². The molecule has 2 fully saturated rings. The van der Waals surface area contributed by atoms with Crippen LogP contribution in [-0.2, 0) is 22.7 Å². The first kappa shape index (κ1) is 22.6. The van der Waals surface area contributed by atoms with Gasteiger partial charge in [-0.05, 0) is 60.6 Å². The van der Waals surface area contributed by atoms with E-state index in [1.165, 1.54) is 0 Å². The van der Waals surface area contributed by atoms with Crippen molar-refractivity contribution in [1.29, 1.82) is 0 Å². The van der Waals surface area contributed by atoms with E-state index in [1.807, 2.05) is 23.6 Å². The molecule has 2 aliphatic rings. The molecule has 0 radical (unpaired) electrons. The zero-order valence-corrected chi connectivity index (χ0v) is 19.7. The van der Waals surface area contributed by atoms with Gasteiger partial charge in [0.25, 0.3) is 5.91 Å². The molecular formula is C24H31N3O4S. The van der Waals surface area contributed by atoms with Crippen molar-refractivity contribution in [3.05, 3.63) is 46.5 Å². The molecule has 7 nitrogen and oxygen atoms in total. The number of amides is 4. The van der Waals surface area contributed by atoms with Crippen molar-refractivity contribution in [3.8, 4) is 0 Å². The molecule has 3 heterocycles. The number of furan rings is 1. The molecule has 1 aliphatic carbocycles. The second-order valence-corrected chi connectivity index (χ2v) is 11.0. The lowest BCUT2D eigenvalue weighted by atomic mass is 9.67. The zero-order valence-electron chi connectivity index (χ0n) is 18.9. The highest BCUT2D eigenvalue weighted by molar-refractivity contribution is 7.09. The number of nitrogens with zero attached hydrogens (tertiary/aromatic N) is 2. The second kappa shape index (κ2) is 8.73. The van der Waals surface area contributed by atoms with Gasteiger partial charge in [0.05, 0.1) is 19.4 Å². The minimum absolute atomic E-state index is 0.178. The first-order valence-electron chi connectivity index (χ1n) is 11.1. The van der Waals surface area contributed by atoms with Crippen LogP contribution in [-0.4, -0.2) is 39.7 Å². The summed E-state index contributed by atoms with van der Waals surface area (Å²) in [6, 6.07) is 7.02. The molecule has 2 aromatic heterocycles. The number of imide groups is 1. The van der Waals surface area contributed by atoms with Crippen LogP contribution in [0.15, 0.2) is 40.3 Å². The minimum Gasteiger partial charge on any atom is -0.467 e. The average molecular weight is 458 g/mol. The zero-order chi connectivity index (χ0) is 22.9. The fourth-order valence-corrected chi connectivity index (χ4v) is 5.50. The number of hydrogen-bond donors (Lipinski definition) is 1. The predicted octanol–water partition coefficient (Wildman–Crippen LogP) is 4.40. The van der Waals surface area contributed by atoms with E-state index in [0.717, 1.165) is 22.6 Å². The summed E-state index contributed by atoms with van der Waals surface area (Å²) in [7, 11) is 0. The average Bonchev–Trinajstić information content (AvgIpc) is 3.48. The Morgan fingerprint density at radius 3 is 2.56 bits per heavy atom. The van der Waals surface area contributed by atoms with Crippen molar-refractivity contribution in [2.75, 3.05) is 6.54 Å². The maximum absolute atomic E-state index is 13.3. The van der Waals surface area contributed by atoms with E-state index in [2.05, 4.69) is 26.1 Å². The molecular weight excluding hydrogens is 426 g/mol. The van der Waals surface area contributed by atoms with E-state index in [-0.39, 0.29) is 30.3 Å². The molecule has 1 N–H and O–H groups in total. The van der Waals surface area contributed by atoms with Gasteiger partial charge in [0, 0.05) is 4.88 Å². The number of carbonyl (C=O) groups is 3. The molecule has 0 aromatic carbocycles. The molecule has 1 saturated heterocycles. The third-order valence-electron chi connectivity index (χ3n) is 6.81. The van der Waals surface area contributed by atoms with Crippen LogP contribution in [0, 0.1) is 11.3 Å². The molecule has 172 valence electrons. The molecule has 32 heavy (non-hydrogen) atoms. The van der Waals surface area contributed by atoms with E-state index < -0.39 is 11.6 Å². The Bertz CT molecular complexity index is 918. The molecule has 2 aromatic rings. The van der Waals surface area contributed by atoms with Gasteiger partial charge in [-0.15, -0.1) is 11.3 Å². The van der Waals surface area contributed by atoms with Gasteiger partial charge >= 0.3 is 6.03 Å². The smallest absolute Gasteiger partial charge is 0.325 e. The van der Waals surface area contributed by atoms with Gasteiger partial charge in [-0.2, -0.15) is 0 Å². The summed E-state index contributed by atoms with van der Waals surface area (Å²) in [5, 5.41) is 4.89. The maximum atomic E-state index is 13.3. The summed E-state index contributed by atoms with van der Waals surface area (Å²) < 4.78 is 5.42. The Kier molecular flexibility index (Phi) is 6.16. The highest BCUT2D eigenvalue weighted by atomic mass is 32.1. The van der Waals surface area contributed by atoms with E-state index in [9.17, 15) is 14.4 Å². The number of urea groups is 1. The number of carbonyl (C=O) groups excluding carboxylic acids is 3. The van der Waals surface area contributed by atoms with Gasteiger partial charge in [0.1, 0.15) is 17.8 Å². The molecule has 0 atom stereocenters. The van der Waals surface area contributed by atoms with Crippen LogP contribution in [0.1, 0.15) is 57.1 Å². The lowest BCUT2D eigenvalue weighted by molar-refractivity contribution is -0.140. The molecule has 4 rings (SSSR count). The summed E-state index contributed by atoms with van der Waals surface area (Å²) in [6.45, 7) is 7.08. The summed E-state index contributed by atoms with van der Waals surface area (Å²) >= 11 is 1.56. The molecule has 0 bridgehead atoms. The van der Waals surface area contributed by atoms with Crippen LogP contribution in [0.4, 0.5) is 4.79 Å². The summed E-state index contributed by atoms with van der Waals surface area (Å²) in [6.07, 6.45) is 4.59. The van der Waals surface area contributed by atoms with Crippen molar-refractivity contribution >= 4 is 29.2 Å². The Morgan fingerprint density at radius 2 is 1.97 bits per heavy atom. The van der Waals surface area contributed by atoms with E-state index in [4.69, 9.17) is 4.42 Å². The van der Waals surface area contributed by atoms with Gasteiger partial charge in [-0.25, -0.2) is 4.79 Å². The van der Waals surface area contributed by atoms with Crippen LogP contribution in [0.25, 0.3) is 0 Å². The number of rotatable bonds is 6. The van der Waals surface area contributed by atoms with Gasteiger partial charge in [-0.3, -0.25) is 14.5 Å². The lowest BCUT2D eigenvalue weighted by Crippen LogP contribution is -2.51. The van der Waals surface area contributed by atoms with Crippen molar-refractivity contribution in [2.24, 2.45) is 11.3 Å². The van der Waals surface area contributed by atoms with E-state index >= 15 is 0 Å². The molecule has 4 amide bonds. The van der Waals surface area contributed by atoms with Crippen molar-refractivity contribution < 1.29 is 18.8 Å². The topological polar surface area (TPSA) is 82.9 Å². The van der Waals surface area contributed by atoms with Crippen molar-refractivity contribution in [1.82, 2.24) is 15.1 Å². The van der Waals surface area contributed by atoms with Crippen LogP contribution in [0.5, 0.6) is 0 Å². The van der Waals surface area contributed by atoms with Crippen LogP contribution < -0.4 is 5.32 Å². The van der Waals surface area contributed by atoms with Crippen molar-refractivity contribution in [3.63, 3.8) is 0 Å². The van der Waals surface area contributed by atoms with Crippen LogP contribution >= 0.6 is 11.3 Å². The fourth-order valence-electron chi connectivity index (χ4n) is 4.78. The minimum atomic E-state index is -0.862. The highest BCUT2D eigenvalue weighted by Gasteiger charge is 2.53. The number of thiophene rings is 1. The second-order valence-electron chi connectivity index (χ2n) is 9.95. The van der Waals surface area contributed by atoms with Crippen molar-refractivity contribution in [2.45, 2.75) is 65.1 Å². The van der Waals surface area contributed by atoms with Gasteiger partial charge in [0.15, 0.2) is 0 Å². The van der Waals surface area contributed by atoms with Gasteiger partial charge in [-0.1, -0.05) is 26.8 Å². The standard InChI is InChI=1S/C24H31N3O4S/c1-23(2,3)17-8-10-24(11-9-17)21(29)27(22(30)25-24)16-20(28)26(14-18-6-4-12-31-18)15-19-7-5-13-32-19/h4-7,12-13,17H,8-11,14-16H2,1-3H3,(H,25,30). The fraction of sp³-hybridized carbons (Fsp3) is 0.542. The number of hydrogen-bond acceptors (Lipinski definition) is 5. The third kappa shape index (κ3) is 4.60. The van der Waals surface area contributed by atoms with Gasteiger partial charge in [0.2, 0.25) is 5.91 Å². The Hall–Kier alpha value is -2.61. The number of nitrogens with one attached hydrogen (secondary N) is 1. The van der Waals surface area contributed by atoms with Gasteiger partial charge < -0.3 is 14.6 Å². The summed E-state index contributed by atoms with van der Waals surface area (Å²) in [5.41, 5.74) is -0.685. The normalized spacial score (nSPS) is 23.6. The largest absolute Gasteiger partial charge is 0.467 e. The highest BCUT2D eigenvalue weighted by Crippen LogP contribution is 2.43. The molecule has 0 unspecified atom stereocenters. The molecule has 1 aliphatic heterocycles. The predicted molar refractivity (Wildman–Crippen MR) is 122 cm³/mol. The quantitative estimate of drug-likeness (QED) is 0.652. The lowest BCUT2D eigenvalue weighted by Gasteiger charge is -2.40. The van der Waals surface area contributed by atoms with E-state index in [1.54, 1.807) is 28.6 Å². The summed E-state index contributed by atoms with van der Waals surface area (Å²) in [4.78, 5) is 43.0. The van der Waals surface area contributed by atoms with E-state index in [0.29, 0.717) is 31.1 Å². The Labute approximate surface area is 192 Å². The summed E-state index contributed by atoms with van der Waals surface area (Å²) in [5.74, 6) is 0.628. The first-order chi connectivity index (χ1) is 15.2. The molecule has 1 spiro atoms. The first-order valence-corrected chi connectivity index (χ1v) is 12.0. The molecule has 8 heteroatoms. The SMILES string of the molecule is CC(C)(C)C1CCC2(CC1)NC(=O)N(CC(=O)N(Cc1ccco1)Cc1cccs1)C2=O. The molecule has 1 saturated carbocycles. The Morgan fingerprint density at radius 1 is 1.22 bits per heavy atom. The third-order valence-corrected chi connectivity index (χ3v) is 7.67.